The molecule has 2 aliphatic carbocycles. The Labute approximate surface area is 104 Å². The monoisotopic (exact) mass is 239 g/mol. The third-order valence-electron chi connectivity index (χ3n) is 4.68. The highest BCUT2D eigenvalue weighted by Gasteiger charge is 2.43. The molecule has 0 amide bonds. The van der Waals surface area contributed by atoms with Gasteiger partial charge in [0, 0.05) is 6.04 Å². The van der Waals surface area contributed by atoms with E-state index >= 15 is 0 Å². The molecule has 2 fully saturated rings. The molecule has 0 aromatic heterocycles. The lowest BCUT2D eigenvalue weighted by molar-refractivity contribution is -0.147. The van der Waals surface area contributed by atoms with Gasteiger partial charge in [-0.05, 0) is 31.6 Å². The van der Waals surface area contributed by atoms with Crippen molar-refractivity contribution in [2.45, 2.75) is 76.3 Å². The first-order valence-corrected chi connectivity index (χ1v) is 7.17. The Kier molecular flexibility index (Phi) is 4.08. The van der Waals surface area contributed by atoms with Gasteiger partial charge in [0.2, 0.25) is 0 Å². The molecule has 2 saturated carbocycles. The summed E-state index contributed by atoms with van der Waals surface area (Å²) < 4.78 is 0. The molecule has 0 spiro atoms. The van der Waals surface area contributed by atoms with Crippen LogP contribution in [0.15, 0.2) is 0 Å². The maximum absolute atomic E-state index is 11.7. The van der Waals surface area contributed by atoms with Crippen LogP contribution in [0.5, 0.6) is 0 Å². The van der Waals surface area contributed by atoms with Gasteiger partial charge in [0.05, 0.1) is 0 Å². The van der Waals surface area contributed by atoms with Crippen LogP contribution in [0, 0.1) is 5.92 Å². The van der Waals surface area contributed by atoms with Crippen molar-refractivity contribution in [3.05, 3.63) is 0 Å². The van der Waals surface area contributed by atoms with Crippen LogP contribution in [0.3, 0.4) is 0 Å². The summed E-state index contributed by atoms with van der Waals surface area (Å²) in [6, 6.07) is 0.446. The minimum atomic E-state index is -0.623. The van der Waals surface area contributed by atoms with Gasteiger partial charge < -0.3 is 5.11 Å². The summed E-state index contributed by atoms with van der Waals surface area (Å²) >= 11 is 0. The topological polar surface area (TPSA) is 49.3 Å². The van der Waals surface area contributed by atoms with Crippen LogP contribution < -0.4 is 5.32 Å². The van der Waals surface area contributed by atoms with Crippen molar-refractivity contribution in [2.24, 2.45) is 5.92 Å². The first kappa shape index (κ1) is 12.9. The SMILES string of the molecule is CCC1CCCC(NC2CCCC2)(C(=O)O)C1. The molecule has 2 unspecified atom stereocenters. The zero-order chi connectivity index (χ0) is 12.3. The van der Waals surface area contributed by atoms with E-state index in [0.717, 1.165) is 38.5 Å². The number of rotatable bonds is 4. The minimum Gasteiger partial charge on any atom is -0.480 e. The first-order chi connectivity index (χ1) is 8.16. The Morgan fingerprint density at radius 3 is 2.59 bits per heavy atom. The predicted octanol–water partition coefficient (Wildman–Crippen LogP) is 2.94. The zero-order valence-corrected chi connectivity index (χ0v) is 10.9. The van der Waals surface area contributed by atoms with E-state index in [0.29, 0.717) is 12.0 Å². The Balaban J connectivity index is 2.05. The number of carboxylic acid groups (broad SMARTS) is 1. The minimum absolute atomic E-state index is 0.446. The maximum atomic E-state index is 11.7. The van der Waals surface area contributed by atoms with Gasteiger partial charge in [0.15, 0.2) is 0 Å². The summed E-state index contributed by atoms with van der Waals surface area (Å²) in [5, 5.41) is 13.1. The van der Waals surface area contributed by atoms with Crippen molar-refractivity contribution in [3.63, 3.8) is 0 Å². The molecule has 0 radical (unpaired) electrons. The van der Waals surface area contributed by atoms with Gasteiger partial charge in [-0.15, -0.1) is 0 Å². The van der Waals surface area contributed by atoms with Gasteiger partial charge in [0.1, 0.15) is 5.54 Å². The lowest BCUT2D eigenvalue weighted by Crippen LogP contribution is -2.57. The standard InChI is InChI=1S/C14H25NO2/c1-2-11-6-5-9-14(10-11,13(16)17)15-12-7-3-4-8-12/h11-12,15H,2-10H2,1H3,(H,16,17). The van der Waals surface area contributed by atoms with Crippen molar-refractivity contribution >= 4 is 5.97 Å². The molecule has 0 aliphatic heterocycles. The van der Waals surface area contributed by atoms with Crippen LogP contribution in [0.1, 0.15) is 64.7 Å². The molecule has 0 heterocycles. The Morgan fingerprint density at radius 1 is 1.29 bits per heavy atom. The lowest BCUT2D eigenvalue weighted by atomic mass is 9.74. The average molecular weight is 239 g/mol. The van der Waals surface area contributed by atoms with Gasteiger partial charge in [0.25, 0.3) is 0 Å². The van der Waals surface area contributed by atoms with Crippen molar-refractivity contribution in [2.75, 3.05) is 0 Å². The molecule has 0 bridgehead atoms. The van der Waals surface area contributed by atoms with Gasteiger partial charge >= 0.3 is 5.97 Å². The fourth-order valence-electron chi connectivity index (χ4n) is 3.59. The fourth-order valence-corrected chi connectivity index (χ4v) is 3.59. The van der Waals surface area contributed by atoms with E-state index in [2.05, 4.69) is 12.2 Å². The second-order valence-electron chi connectivity index (χ2n) is 5.88. The number of hydrogen-bond donors (Lipinski definition) is 2. The molecular formula is C14H25NO2. The summed E-state index contributed by atoms with van der Waals surface area (Å²) in [7, 11) is 0. The van der Waals surface area contributed by atoms with E-state index in [1.165, 1.54) is 19.3 Å². The summed E-state index contributed by atoms with van der Waals surface area (Å²) in [6.07, 6.45) is 9.85. The normalized spacial score (nSPS) is 35.0. The third kappa shape index (κ3) is 2.82. The van der Waals surface area contributed by atoms with E-state index in [4.69, 9.17) is 0 Å². The van der Waals surface area contributed by atoms with E-state index in [1.807, 2.05) is 0 Å². The van der Waals surface area contributed by atoms with Crippen molar-refractivity contribution in [1.82, 2.24) is 5.32 Å². The summed E-state index contributed by atoms with van der Waals surface area (Å²) in [4.78, 5) is 11.7. The molecule has 2 atom stereocenters. The van der Waals surface area contributed by atoms with Crippen molar-refractivity contribution in [1.29, 1.82) is 0 Å². The molecule has 0 saturated heterocycles. The first-order valence-electron chi connectivity index (χ1n) is 7.17. The number of carboxylic acids is 1. The van der Waals surface area contributed by atoms with Crippen molar-refractivity contribution < 1.29 is 9.90 Å². The second kappa shape index (κ2) is 5.38. The highest BCUT2D eigenvalue weighted by atomic mass is 16.4. The Morgan fingerprint density at radius 2 is 2.00 bits per heavy atom. The maximum Gasteiger partial charge on any atom is 0.323 e. The average Bonchev–Trinajstić information content (AvgIpc) is 2.81. The summed E-state index contributed by atoms with van der Waals surface area (Å²) in [5.74, 6) is -0.0312. The van der Waals surface area contributed by atoms with E-state index in [-0.39, 0.29) is 0 Å². The van der Waals surface area contributed by atoms with Crippen LogP contribution in [-0.2, 0) is 4.79 Å². The predicted molar refractivity (Wildman–Crippen MR) is 68.0 cm³/mol. The van der Waals surface area contributed by atoms with E-state index in [1.54, 1.807) is 0 Å². The van der Waals surface area contributed by atoms with Crippen LogP contribution in [0.4, 0.5) is 0 Å². The number of carbonyl (C=O) groups is 1. The molecule has 3 nitrogen and oxygen atoms in total. The molecule has 3 heteroatoms. The smallest absolute Gasteiger partial charge is 0.323 e. The van der Waals surface area contributed by atoms with E-state index in [9.17, 15) is 9.90 Å². The molecule has 0 aromatic carbocycles. The number of aliphatic carboxylic acids is 1. The zero-order valence-electron chi connectivity index (χ0n) is 10.9. The van der Waals surface area contributed by atoms with Crippen LogP contribution in [0.25, 0.3) is 0 Å². The molecule has 2 N–H and O–H groups in total. The largest absolute Gasteiger partial charge is 0.480 e. The third-order valence-corrected chi connectivity index (χ3v) is 4.68. The molecule has 2 rings (SSSR count). The summed E-state index contributed by atoms with van der Waals surface area (Å²) in [5.41, 5.74) is -0.617. The second-order valence-corrected chi connectivity index (χ2v) is 5.88. The number of hydrogen-bond acceptors (Lipinski definition) is 2. The summed E-state index contributed by atoms with van der Waals surface area (Å²) in [6.45, 7) is 2.18. The number of nitrogens with one attached hydrogen (secondary N) is 1. The van der Waals surface area contributed by atoms with Crippen LogP contribution in [0.2, 0.25) is 0 Å². The van der Waals surface area contributed by atoms with Gasteiger partial charge in [-0.3, -0.25) is 10.1 Å². The Hall–Kier alpha value is -0.570. The van der Waals surface area contributed by atoms with Crippen LogP contribution >= 0.6 is 0 Å². The van der Waals surface area contributed by atoms with Crippen molar-refractivity contribution in [3.8, 4) is 0 Å². The van der Waals surface area contributed by atoms with Gasteiger partial charge in [-0.1, -0.05) is 39.0 Å². The van der Waals surface area contributed by atoms with Gasteiger partial charge in [-0.2, -0.15) is 0 Å². The molecular weight excluding hydrogens is 214 g/mol. The highest BCUT2D eigenvalue weighted by molar-refractivity contribution is 5.79. The van der Waals surface area contributed by atoms with E-state index < -0.39 is 11.5 Å². The molecule has 17 heavy (non-hydrogen) atoms. The molecule has 98 valence electrons. The van der Waals surface area contributed by atoms with Gasteiger partial charge in [-0.25, -0.2) is 0 Å². The lowest BCUT2D eigenvalue weighted by Gasteiger charge is -2.40. The molecule has 0 aromatic rings. The quantitative estimate of drug-likeness (QED) is 0.793. The molecule has 2 aliphatic rings. The van der Waals surface area contributed by atoms with Crippen LogP contribution in [-0.4, -0.2) is 22.7 Å². The fraction of sp³-hybridized carbons (Fsp3) is 0.929. The Bertz CT molecular complexity index is 273. The highest BCUT2D eigenvalue weighted by Crippen LogP contribution is 2.36.